The van der Waals surface area contributed by atoms with E-state index in [1.165, 1.54) is 18.1 Å². The van der Waals surface area contributed by atoms with Gasteiger partial charge in [-0.1, -0.05) is 0 Å². The highest BCUT2D eigenvalue weighted by Crippen LogP contribution is 2.22. The maximum Gasteiger partial charge on any atom is 0.193 e. The van der Waals surface area contributed by atoms with Crippen molar-refractivity contribution in [2.45, 2.75) is 26.2 Å². The van der Waals surface area contributed by atoms with E-state index >= 15 is 0 Å². The monoisotopic (exact) mass is 524 g/mol. The van der Waals surface area contributed by atoms with Gasteiger partial charge in [0.05, 0.1) is 6.20 Å². The Morgan fingerprint density at radius 1 is 1.40 bits per heavy atom. The van der Waals surface area contributed by atoms with Gasteiger partial charge in [-0.3, -0.25) is 9.67 Å². The second-order valence-corrected chi connectivity index (χ2v) is 7.82. The van der Waals surface area contributed by atoms with Crippen LogP contribution in [0.4, 0.5) is 4.39 Å². The summed E-state index contributed by atoms with van der Waals surface area (Å²) >= 11 is 0. The number of aliphatic imine (C=N–C) groups is 1. The molecule has 1 fully saturated rings. The number of hydrogen-bond donors (Lipinski definition) is 2. The van der Waals surface area contributed by atoms with Gasteiger partial charge in [0, 0.05) is 56.5 Å². The van der Waals surface area contributed by atoms with Gasteiger partial charge in [0.25, 0.3) is 0 Å². The van der Waals surface area contributed by atoms with E-state index in [0.29, 0.717) is 12.5 Å². The molecular formula is C22H30FIN6. The van der Waals surface area contributed by atoms with Gasteiger partial charge in [-0.05, 0) is 61.4 Å². The van der Waals surface area contributed by atoms with Crippen LogP contribution in [-0.2, 0) is 19.9 Å². The van der Waals surface area contributed by atoms with Crippen molar-refractivity contribution < 1.29 is 4.39 Å². The van der Waals surface area contributed by atoms with Crippen LogP contribution in [-0.4, -0.2) is 51.8 Å². The molecule has 1 aliphatic heterocycles. The average molecular weight is 524 g/mol. The van der Waals surface area contributed by atoms with Crippen molar-refractivity contribution in [2.75, 3.05) is 26.2 Å². The molecule has 0 amide bonds. The Hall–Kier alpha value is -2.10. The minimum absolute atomic E-state index is 0. The van der Waals surface area contributed by atoms with Crippen molar-refractivity contribution >= 4 is 40.8 Å². The third kappa shape index (κ3) is 5.33. The number of H-pyrrole nitrogens is 1. The number of hydrogen-bond acceptors (Lipinski definition) is 2. The summed E-state index contributed by atoms with van der Waals surface area (Å²) < 4.78 is 15.4. The normalized spacial score (nSPS) is 16.8. The van der Waals surface area contributed by atoms with Crippen LogP contribution in [0.2, 0.25) is 0 Å². The summed E-state index contributed by atoms with van der Waals surface area (Å²) in [5.74, 6) is 1.40. The van der Waals surface area contributed by atoms with Crippen molar-refractivity contribution in [1.82, 2.24) is 25.0 Å². The van der Waals surface area contributed by atoms with Gasteiger partial charge in [0.1, 0.15) is 5.82 Å². The van der Waals surface area contributed by atoms with Crippen LogP contribution in [0.3, 0.4) is 0 Å². The van der Waals surface area contributed by atoms with E-state index in [1.807, 2.05) is 24.1 Å². The smallest absolute Gasteiger partial charge is 0.193 e. The van der Waals surface area contributed by atoms with E-state index in [4.69, 9.17) is 4.99 Å². The minimum atomic E-state index is -0.202. The van der Waals surface area contributed by atoms with E-state index in [-0.39, 0.29) is 29.8 Å². The summed E-state index contributed by atoms with van der Waals surface area (Å²) in [5, 5.41) is 8.65. The van der Waals surface area contributed by atoms with Crippen molar-refractivity contribution in [1.29, 1.82) is 0 Å². The lowest BCUT2D eigenvalue weighted by Gasteiger charge is -2.21. The lowest BCUT2D eigenvalue weighted by atomic mass is 10.0. The number of rotatable bonds is 6. The zero-order chi connectivity index (χ0) is 20.2. The largest absolute Gasteiger partial charge is 0.361 e. The average Bonchev–Trinajstić information content (AvgIpc) is 3.42. The second-order valence-electron chi connectivity index (χ2n) is 7.82. The highest BCUT2D eigenvalue weighted by molar-refractivity contribution is 14.0. The predicted octanol–water partition coefficient (Wildman–Crippen LogP) is 3.73. The molecule has 0 radical (unpaired) electrons. The number of aromatic amines is 1. The molecule has 30 heavy (non-hydrogen) atoms. The Kier molecular flexibility index (Phi) is 7.74. The highest BCUT2D eigenvalue weighted by atomic mass is 127. The summed E-state index contributed by atoms with van der Waals surface area (Å²) in [4.78, 5) is 10.4. The van der Waals surface area contributed by atoms with Gasteiger partial charge in [0.15, 0.2) is 5.96 Å². The minimum Gasteiger partial charge on any atom is -0.361 e. The third-order valence-corrected chi connectivity index (χ3v) is 5.58. The fraction of sp³-hybridized carbons (Fsp3) is 0.455. The molecule has 1 aliphatic rings. The molecule has 1 unspecified atom stereocenters. The zero-order valence-electron chi connectivity index (χ0n) is 17.6. The highest BCUT2D eigenvalue weighted by Gasteiger charge is 2.25. The molecule has 8 heteroatoms. The number of halogens is 2. The standard InChI is InChI=1S/C22H29FN6.HI/c1-3-24-22(29-9-7-16(15-29)10-17-12-27-28(2)14-17)25-8-6-18-13-26-21-5-4-19(23)11-20(18)21;/h4-5,11-14,16,26H,3,6-10,15H2,1-2H3,(H,24,25);1H. The fourth-order valence-corrected chi connectivity index (χ4v) is 4.17. The molecule has 0 spiro atoms. The van der Waals surface area contributed by atoms with Crippen LogP contribution in [0.15, 0.2) is 41.8 Å². The van der Waals surface area contributed by atoms with Crippen LogP contribution >= 0.6 is 24.0 Å². The van der Waals surface area contributed by atoms with Gasteiger partial charge in [-0.25, -0.2) is 4.39 Å². The fourth-order valence-electron chi connectivity index (χ4n) is 4.17. The van der Waals surface area contributed by atoms with Gasteiger partial charge < -0.3 is 15.2 Å². The molecule has 2 N–H and O–H groups in total. The topological polar surface area (TPSA) is 61.2 Å². The van der Waals surface area contributed by atoms with Gasteiger partial charge in [-0.2, -0.15) is 5.10 Å². The molecule has 162 valence electrons. The first-order chi connectivity index (χ1) is 14.1. The molecule has 6 nitrogen and oxygen atoms in total. The van der Waals surface area contributed by atoms with Crippen LogP contribution in [0.1, 0.15) is 24.5 Å². The molecule has 1 atom stereocenters. The predicted molar refractivity (Wildman–Crippen MR) is 130 cm³/mol. The maximum atomic E-state index is 13.6. The summed E-state index contributed by atoms with van der Waals surface area (Å²) in [5.41, 5.74) is 3.37. The molecule has 0 bridgehead atoms. The molecule has 0 saturated carbocycles. The van der Waals surface area contributed by atoms with Crippen LogP contribution in [0, 0.1) is 11.7 Å². The summed E-state index contributed by atoms with van der Waals surface area (Å²) in [7, 11) is 1.96. The quantitative estimate of drug-likeness (QED) is 0.294. The number of nitrogens with one attached hydrogen (secondary N) is 2. The van der Waals surface area contributed by atoms with Crippen LogP contribution in [0.25, 0.3) is 10.9 Å². The summed E-state index contributed by atoms with van der Waals surface area (Å²) in [6, 6.07) is 4.87. The van der Waals surface area contributed by atoms with Crippen molar-refractivity contribution in [3.63, 3.8) is 0 Å². The number of nitrogens with zero attached hydrogens (tertiary/aromatic N) is 4. The van der Waals surface area contributed by atoms with E-state index in [1.54, 1.807) is 12.1 Å². The van der Waals surface area contributed by atoms with E-state index in [2.05, 4.69) is 33.4 Å². The van der Waals surface area contributed by atoms with Gasteiger partial charge in [-0.15, -0.1) is 24.0 Å². The Bertz CT molecular complexity index is 995. The molecular weight excluding hydrogens is 494 g/mol. The number of aromatic nitrogens is 3. The van der Waals surface area contributed by atoms with Crippen LogP contribution in [0.5, 0.6) is 0 Å². The number of aryl methyl sites for hydroxylation is 1. The lowest BCUT2D eigenvalue weighted by molar-refractivity contribution is 0.460. The number of guanidine groups is 1. The maximum absolute atomic E-state index is 13.6. The Morgan fingerprint density at radius 2 is 2.27 bits per heavy atom. The number of benzene rings is 1. The summed E-state index contributed by atoms with van der Waals surface area (Å²) in [6.45, 7) is 5.66. The number of fused-ring (bicyclic) bond motifs is 1. The van der Waals surface area contributed by atoms with Crippen LogP contribution < -0.4 is 5.32 Å². The molecule has 2 aromatic heterocycles. The Labute approximate surface area is 194 Å². The Balaban J connectivity index is 0.00000256. The second kappa shape index (κ2) is 10.3. The van der Waals surface area contributed by atoms with Gasteiger partial charge in [0.2, 0.25) is 0 Å². The van der Waals surface area contributed by atoms with Crippen molar-refractivity contribution in [3.8, 4) is 0 Å². The van der Waals surface area contributed by atoms with E-state index < -0.39 is 0 Å². The molecule has 3 aromatic rings. The first kappa shape index (κ1) is 22.6. The molecule has 3 heterocycles. The molecule has 1 saturated heterocycles. The first-order valence-corrected chi connectivity index (χ1v) is 10.4. The zero-order valence-corrected chi connectivity index (χ0v) is 19.9. The lowest BCUT2D eigenvalue weighted by Crippen LogP contribution is -2.40. The van der Waals surface area contributed by atoms with Crippen molar-refractivity contribution in [2.24, 2.45) is 18.0 Å². The van der Waals surface area contributed by atoms with Gasteiger partial charge >= 0.3 is 0 Å². The molecule has 4 rings (SSSR count). The molecule has 0 aliphatic carbocycles. The SMILES string of the molecule is CCNC(=NCCc1c[nH]c2ccc(F)cc12)N1CCC(Cc2cnn(C)c2)C1.I. The first-order valence-electron chi connectivity index (χ1n) is 10.4. The number of likely N-dealkylation sites (tertiary alicyclic amines) is 1. The third-order valence-electron chi connectivity index (χ3n) is 5.58. The summed E-state index contributed by atoms with van der Waals surface area (Å²) in [6.07, 6.45) is 9.04. The molecule has 1 aromatic carbocycles. The van der Waals surface area contributed by atoms with Crippen molar-refractivity contribution in [3.05, 3.63) is 53.7 Å². The Morgan fingerprint density at radius 3 is 3.03 bits per heavy atom. The van der Waals surface area contributed by atoms with E-state index in [0.717, 1.165) is 54.9 Å². The van der Waals surface area contributed by atoms with E-state index in [9.17, 15) is 4.39 Å².